The van der Waals surface area contributed by atoms with Crippen LogP contribution in [0.25, 0.3) is 16.7 Å². The topological polar surface area (TPSA) is 84.6 Å². The average molecular weight is 441 g/mol. The SMILES string of the molecule is Cc1cc(C(=O)CN2C(=O)N[C@](C)(c3cc4ccccc4o3)C2=O)c(C)n1-c1ccccc1. The van der Waals surface area contributed by atoms with Crippen LogP contribution in [0.4, 0.5) is 4.79 Å². The van der Waals surface area contributed by atoms with Gasteiger partial charge in [-0.25, -0.2) is 4.79 Å². The predicted molar refractivity (Wildman–Crippen MR) is 123 cm³/mol. The summed E-state index contributed by atoms with van der Waals surface area (Å²) in [5, 5.41) is 3.54. The van der Waals surface area contributed by atoms with Crippen LogP contribution in [0.2, 0.25) is 0 Å². The van der Waals surface area contributed by atoms with E-state index in [0.29, 0.717) is 16.9 Å². The van der Waals surface area contributed by atoms with Crippen LogP contribution in [0.5, 0.6) is 0 Å². The van der Waals surface area contributed by atoms with Gasteiger partial charge >= 0.3 is 6.03 Å². The number of para-hydroxylation sites is 2. The van der Waals surface area contributed by atoms with E-state index in [-0.39, 0.29) is 12.3 Å². The van der Waals surface area contributed by atoms with Gasteiger partial charge in [0.15, 0.2) is 11.3 Å². The number of urea groups is 1. The smallest absolute Gasteiger partial charge is 0.325 e. The minimum Gasteiger partial charge on any atom is -0.458 e. The minimum absolute atomic E-state index is 0.303. The molecule has 0 aliphatic carbocycles. The fraction of sp³-hybridized carbons (Fsp3) is 0.192. The van der Waals surface area contributed by atoms with Gasteiger partial charge in [0.25, 0.3) is 5.91 Å². The molecule has 0 radical (unpaired) electrons. The first-order valence-electron chi connectivity index (χ1n) is 10.7. The zero-order chi connectivity index (χ0) is 23.3. The molecule has 1 aliphatic heterocycles. The van der Waals surface area contributed by atoms with E-state index in [2.05, 4.69) is 5.32 Å². The second-order valence-corrected chi connectivity index (χ2v) is 8.47. The maximum absolute atomic E-state index is 13.3. The summed E-state index contributed by atoms with van der Waals surface area (Å²) in [4.78, 5) is 40.2. The number of fused-ring (bicyclic) bond motifs is 1. The molecule has 0 spiro atoms. The number of nitrogens with zero attached hydrogens (tertiary/aromatic N) is 2. The normalized spacial score (nSPS) is 18.2. The van der Waals surface area contributed by atoms with Gasteiger partial charge in [0.1, 0.15) is 11.3 Å². The Balaban J connectivity index is 1.43. The number of aromatic nitrogens is 1. The highest BCUT2D eigenvalue weighted by Gasteiger charge is 2.51. The van der Waals surface area contributed by atoms with Gasteiger partial charge in [-0.05, 0) is 51.1 Å². The Morgan fingerprint density at radius 1 is 1.00 bits per heavy atom. The molecule has 2 aromatic heterocycles. The fourth-order valence-corrected chi connectivity index (χ4v) is 4.48. The summed E-state index contributed by atoms with van der Waals surface area (Å²) in [7, 11) is 0. The van der Waals surface area contributed by atoms with Gasteiger partial charge in [0.05, 0.1) is 6.54 Å². The molecule has 5 rings (SSSR count). The Hall–Kier alpha value is -4.13. The molecular weight excluding hydrogens is 418 g/mol. The molecule has 3 amide bonds. The Morgan fingerprint density at radius 3 is 2.42 bits per heavy atom. The highest BCUT2D eigenvalue weighted by molar-refractivity contribution is 6.11. The zero-order valence-corrected chi connectivity index (χ0v) is 18.6. The summed E-state index contributed by atoms with van der Waals surface area (Å²) in [6, 6.07) is 20.0. The summed E-state index contributed by atoms with van der Waals surface area (Å²) in [5.74, 6) is -0.487. The summed E-state index contributed by atoms with van der Waals surface area (Å²) < 4.78 is 7.83. The highest BCUT2D eigenvalue weighted by atomic mass is 16.3. The van der Waals surface area contributed by atoms with Crippen LogP contribution in [0, 0.1) is 13.8 Å². The van der Waals surface area contributed by atoms with Gasteiger partial charge in [0.2, 0.25) is 0 Å². The number of hydrogen-bond acceptors (Lipinski definition) is 4. The van der Waals surface area contributed by atoms with Crippen molar-refractivity contribution < 1.29 is 18.8 Å². The van der Waals surface area contributed by atoms with Crippen molar-refractivity contribution in [1.82, 2.24) is 14.8 Å². The number of carbonyl (C=O) groups excluding carboxylic acids is 3. The number of benzene rings is 2. The summed E-state index contributed by atoms with van der Waals surface area (Å²) in [6.45, 7) is 5.02. The van der Waals surface area contributed by atoms with E-state index in [1.165, 1.54) is 0 Å². The number of aryl methyl sites for hydroxylation is 1. The first-order valence-corrected chi connectivity index (χ1v) is 10.7. The second kappa shape index (κ2) is 7.48. The number of Topliss-reactive ketones (excluding diaryl/α,β-unsaturated/α-hetero) is 1. The standard InChI is InChI=1S/C26H23N3O4/c1-16-13-20(17(2)29(16)19-10-5-4-6-11-19)21(30)15-28-24(31)26(3,27-25(28)32)23-14-18-9-7-8-12-22(18)33-23/h4-14H,15H2,1-3H3,(H,27,32)/t26-/m1/s1. The van der Waals surface area contributed by atoms with Crippen molar-refractivity contribution in [3.63, 3.8) is 0 Å². The molecule has 1 aliphatic rings. The van der Waals surface area contributed by atoms with Crippen molar-refractivity contribution >= 4 is 28.7 Å². The van der Waals surface area contributed by atoms with E-state index in [9.17, 15) is 14.4 Å². The summed E-state index contributed by atoms with van der Waals surface area (Å²) >= 11 is 0. The van der Waals surface area contributed by atoms with E-state index in [0.717, 1.165) is 27.4 Å². The van der Waals surface area contributed by atoms with E-state index in [1.54, 1.807) is 25.1 Å². The van der Waals surface area contributed by atoms with E-state index >= 15 is 0 Å². The number of rotatable bonds is 5. The Morgan fingerprint density at radius 2 is 1.70 bits per heavy atom. The van der Waals surface area contributed by atoms with Crippen molar-refractivity contribution in [2.75, 3.05) is 6.54 Å². The molecule has 0 bridgehead atoms. The summed E-state index contributed by atoms with van der Waals surface area (Å²) in [5.41, 5.74) is 2.33. The lowest BCUT2D eigenvalue weighted by atomic mass is 9.98. The van der Waals surface area contributed by atoms with Crippen molar-refractivity contribution in [1.29, 1.82) is 0 Å². The van der Waals surface area contributed by atoms with Crippen molar-refractivity contribution in [3.8, 4) is 5.69 Å². The third-order valence-electron chi connectivity index (χ3n) is 6.24. The lowest BCUT2D eigenvalue weighted by molar-refractivity contribution is -0.131. The van der Waals surface area contributed by atoms with Crippen molar-refractivity contribution in [2.24, 2.45) is 0 Å². The van der Waals surface area contributed by atoms with Crippen molar-refractivity contribution in [2.45, 2.75) is 26.3 Å². The average Bonchev–Trinajstić information content (AvgIpc) is 3.43. The molecule has 4 aromatic rings. The maximum atomic E-state index is 13.3. The van der Waals surface area contributed by atoms with Crippen LogP contribution >= 0.6 is 0 Å². The number of imide groups is 1. The lowest BCUT2D eigenvalue weighted by Crippen LogP contribution is -2.41. The maximum Gasteiger partial charge on any atom is 0.325 e. The van der Waals surface area contributed by atoms with Crippen LogP contribution in [0.15, 0.2) is 71.1 Å². The van der Waals surface area contributed by atoms with Crippen LogP contribution in [0.3, 0.4) is 0 Å². The molecule has 1 saturated heterocycles. The Kier molecular flexibility index (Phi) is 4.70. The van der Waals surface area contributed by atoms with E-state index in [4.69, 9.17) is 4.42 Å². The monoisotopic (exact) mass is 441 g/mol. The number of nitrogens with one attached hydrogen (secondary N) is 1. The third kappa shape index (κ3) is 3.24. The predicted octanol–water partition coefficient (Wildman–Crippen LogP) is 4.49. The van der Waals surface area contributed by atoms with Crippen LogP contribution in [-0.2, 0) is 10.3 Å². The summed E-state index contributed by atoms with van der Waals surface area (Å²) in [6.07, 6.45) is 0. The largest absolute Gasteiger partial charge is 0.458 e. The number of ketones is 1. The Labute approximate surface area is 190 Å². The van der Waals surface area contributed by atoms with Gasteiger partial charge in [-0.1, -0.05) is 36.4 Å². The molecule has 1 N–H and O–H groups in total. The zero-order valence-electron chi connectivity index (χ0n) is 18.6. The molecule has 7 heteroatoms. The van der Waals surface area contributed by atoms with Crippen LogP contribution < -0.4 is 5.32 Å². The molecule has 0 unspecified atom stereocenters. The third-order valence-corrected chi connectivity index (χ3v) is 6.24. The van der Waals surface area contributed by atoms with Gasteiger partial charge in [0, 0.05) is 28.0 Å². The molecule has 7 nitrogen and oxygen atoms in total. The number of hydrogen-bond donors (Lipinski definition) is 1. The molecule has 166 valence electrons. The number of amides is 3. The number of furan rings is 1. The van der Waals surface area contributed by atoms with E-state index in [1.807, 2.05) is 66.9 Å². The van der Waals surface area contributed by atoms with Crippen LogP contribution in [-0.4, -0.2) is 33.7 Å². The van der Waals surface area contributed by atoms with Crippen LogP contribution in [0.1, 0.15) is 34.4 Å². The fourth-order valence-electron chi connectivity index (χ4n) is 4.48. The lowest BCUT2D eigenvalue weighted by Gasteiger charge is -2.18. The molecule has 33 heavy (non-hydrogen) atoms. The molecule has 0 saturated carbocycles. The minimum atomic E-state index is -1.38. The quantitative estimate of drug-likeness (QED) is 0.365. The first-order chi connectivity index (χ1) is 15.8. The molecule has 2 aromatic carbocycles. The highest BCUT2D eigenvalue weighted by Crippen LogP contribution is 2.33. The van der Waals surface area contributed by atoms with Crippen molar-refractivity contribution in [3.05, 3.63) is 89.4 Å². The van der Waals surface area contributed by atoms with Gasteiger partial charge in [-0.2, -0.15) is 0 Å². The van der Waals surface area contributed by atoms with E-state index < -0.39 is 17.5 Å². The molecule has 1 atom stereocenters. The first kappa shape index (κ1) is 20.8. The molecule has 1 fully saturated rings. The second-order valence-electron chi connectivity index (χ2n) is 8.47. The van der Waals surface area contributed by atoms with Gasteiger partial charge in [-0.3, -0.25) is 14.5 Å². The van der Waals surface area contributed by atoms with Gasteiger partial charge in [-0.15, -0.1) is 0 Å². The molecule has 3 heterocycles. The van der Waals surface area contributed by atoms with Gasteiger partial charge < -0.3 is 14.3 Å². The Bertz CT molecular complexity index is 1380. The number of carbonyl (C=O) groups is 3. The molecular formula is C26H23N3O4.